The molecule has 0 spiro atoms. The van der Waals surface area contributed by atoms with Crippen LogP contribution in [-0.2, 0) is 19.7 Å². The summed E-state index contributed by atoms with van der Waals surface area (Å²) in [6.45, 7) is 9.68. The Balaban J connectivity index is 2.22. The predicted molar refractivity (Wildman–Crippen MR) is 133 cm³/mol. The third-order valence-corrected chi connectivity index (χ3v) is 5.44. The zero-order valence-electron chi connectivity index (χ0n) is 20.1. The summed E-state index contributed by atoms with van der Waals surface area (Å²) in [5.41, 5.74) is 1.10. The van der Waals surface area contributed by atoms with E-state index in [-0.39, 0.29) is 25.1 Å². The molecule has 0 saturated carbocycles. The average molecular weight is 512 g/mol. The molecule has 0 aliphatic rings. The Labute approximate surface area is 209 Å². The molecule has 2 aromatic rings. The van der Waals surface area contributed by atoms with Crippen molar-refractivity contribution in [1.29, 1.82) is 0 Å². The van der Waals surface area contributed by atoms with Gasteiger partial charge in [-0.1, -0.05) is 50.9 Å². The van der Waals surface area contributed by atoms with Crippen molar-refractivity contribution in [2.24, 2.45) is 0 Å². The van der Waals surface area contributed by atoms with E-state index < -0.39 is 17.9 Å². The number of halogens is 2. The van der Waals surface area contributed by atoms with Gasteiger partial charge in [-0.2, -0.15) is 5.10 Å². The highest BCUT2D eigenvalue weighted by molar-refractivity contribution is 6.42. The second kappa shape index (κ2) is 12.1. The molecule has 0 aliphatic carbocycles. The van der Waals surface area contributed by atoms with Gasteiger partial charge >= 0.3 is 12.0 Å². The number of carbonyl (C=O) groups is 3. The van der Waals surface area contributed by atoms with Crippen molar-refractivity contribution < 1.29 is 19.1 Å². The first-order valence-electron chi connectivity index (χ1n) is 11.0. The smallest absolute Gasteiger partial charge is 0.325 e. The minimum atomic E-state index is -0.544. The van der Waals surface area contributed by atoms with Gasteiger partial charge in [-0.3, -0.25) is 9.59 Å². The van der Waals surface area contributed by atoms with Crippen LogP contribution in [-0.4, -0.2) is 58.8 Å². The number of benzene rings is 1. The van der Waals surface area contributed by atoms with Crippen molar-refractivity contribution in [2.75, 3.05) is 31.6 Å². The number of urea groups is 1. The number of nitrogens with one attached hydrogen (secondary N) is 2. The van der Waals surface area contributed by atoms with Crippen molar-refractivity contribution in [3.05, 3.63) is 40.0 Å². The molecule has 11 heteroatoms. The number of amides is 3. The zero-order chi connectivity index (χ0) is 25.5. The molecule has 186 valence electrons. The van der Waals surface area contributed by atoms with Gasteiger partial charge in [-0.25, -0.2) is 9.48 Å². The van der Waals surface area contributed by atoms with Crippen molar-refractivity contribution >= 4 is 46.9 Å². The lowest BCUT2D eigenvalue weighted by molar-refractivity contribution is -0.141. The van der Waals surface area contributed by atoms with Gasteiger partial charge < -0.3 is 20.3 Å². The summed E-state index contributed by atoms with van der Waals surface area (Å²) in [5.74, 6) is -0.532. The van der Waals surface area contributed by atoms with Crippen molar-refractivity contribution in [3.63, 3.8) is 0 Å². The Morgan fingerprint density at radius 2 is 1.82 bits per heavy atom. The number of rotatable bonds is 9. The van der Waals surface area contributed by atoms with Crippen LogP contribution in [0.4, 0.5) is 10.6 Å². The number of carbonyl (C=O) groups excluding carboxylic acids is 3. The summed E-state index contributed by atoms with van der Waals surface area (Å²) < 4.78 is 6.39. The Morgan fingerprint density at radius 1 is 1.12 bits per heavy atom. The molecule has 0 fully saturated rings. The third kappa shape index (κ3) is 7.63. The molecule has 0 aliphatic heterocycles. The fourth-order valence-electron chi connectivity index (χ4n) is 3.00. The van der Waals surface area contributed by atoms with Crippen LogP contribution >= 0.6 is 23.2 Å². The Morgan fingerprint density at radius 3 is 2.41 bits per heavy atom. The predicted octanol–water partition coefficient (Wildman–Crippen LogP) is 4.40. The van der Waals surface area contributed by atoms with Crippen molar-refractivity contribution in [2.45, 2.75) is 46.5 Å². The molecule has 9 nitrogen and oxygen atoms in total. The minimum absolute atomic E-state index is 0.208. The van der Waals surface area contributed by atoms with Crippen LogP contribution in [0, 0.1) is 0 Å². The van der Waals surface area contributed by atoms with Crippen LogP contribution in [0.1, 0.15) is 46.7 Å². The maximum absolute atomic E-state index is 12.9. The number of hydrogen-bond donors (Lipinski definition) is 2. The molecular formula is C23H31Cl2N5O4. The molecule has 2 rings (SSSR count). The van der Waals surface area contributed by atoms with Crippen LogP contribution in [0.15, 0.2) is 24.3 Å². The van der Waals surface area contributed by atoms with E-state index in [1.807, 2.05) is 27.7 Å². The number of hydrogen-bond acceptors (Lipinski definition) is 5. The molecule has 0 saturated heterocycles. The molecule has 1 aromatic heterocycles. The normalized spacial score (nSPS) is 11.1. The lowest BCUT2D eigenvalue weighted by Gasteiger charge is -2.22. The van der Waals surface area contributed by atoms with Gasteiger partial charge in [-0.05, 0) is 31.5 Å². The SMILES string of the molecule is CCCN(CC(=O)Nc1cc(C(C)(C)C)nn1-c1ccc(Cl)c(Cl)c1)C(=O)NCC(=O)OCC. The summed E-state index contributed by atoms with van der Waals surface area (Å²) in [7, 11) is 0. The summed E-state index contributed by atoms with van der Waals surface area (Å²) >= 11 is 12.2. The van der Waals surface area contributed by atoms with Crippen LogP contribution in [0.5, 0.6) is 0 Å². The monoisotopic (exact) mass is 511 g/mol. The van der Waals surface area contributed by atoms with Crippen LogP contribution in [0.2, 0.25) is 10.0 Å². The Bertz CT molecular complexity index is 1030. The molecule has 0 bridgehead atoms. The number of esters is 1. The number of anilines is 1. The number of aromatic nitrogens is 2. The fourth-order valence-corrected chi connectivity index (χ4v) is 3.29. The van der Waals surface area contributed by atoms with Crippen molar-refractivity contribution in [3.8, 4) is 5.69 Å². The van der Waals surface area contributed by atoms with E-state index in [1.54, 1.807) is 35.9 Å². The first kappa shape index (κ1) is 27.5. The summed E-state index contributed by atoms with van der Waals surface area (Å²) in [6, 6.07) is 6.31. The second-order valence-electron chi connectivity index (χ2n) is 8.61. The van der Waals surface area contributed by atoms with Gasteiger partial charge in [0.1, 0.15) is 18.9 Å². The maximum Gasteiger partial charge on any atom is 0.325 e. The lowest BCUT2D eigenvalue weighted by atomic mass is 9.92. The standard InChI is InChI=1S/C23H31Cl2N5O4/c1-6-10-29(22(33)26-13-21(32)34-7-2)14-20(31)27-19-12-18(23(3,4)5)28-30(19)15-8-9-16(24)17(25)11-15/h8-9,11-12H,6-7,10,13-14H2,1-5H3,(H,26,33)(H,27,31). The minimum Gasteiger partial charge on any atom is -0.465 e. The van der Waals surface area contributed by atoms with E-state index in [0.29, 0.717) is 34.5 Å². The van der Waals surface area contributed by atoms with E-state index in [4.69, 9.17) is 27.9 Å². The second-order valence-corrected chi connectivity index (χ2v) is 9.42. The van der Waals surface area contributed by atoms with E-state index in [1.165, 1.54) is 4.90 Å². The topological polar surface area (TPSA) is 106 Å². The van der Waals surface area contributed by atoms with E-state index >= 15 is 0 Å². The first-order valence-corrected chi connectivity index (χ1v) is 11.8. The molecule has 1 heterocycles. The van der Waals surface area contributed by atoms with Crippen LogP contribution in [0.25, 0.3) is 5.69 Å². The molecule has 2 N–H and O–H groups in total. The quantitative estimate of drug-likeness (QED) is 0.485. The number of nitrogens with zero attached hydrogens (tertiary/aromatic N) is 3. The van der Waals surface area contributed by atoms with E-state index in [9.17, 15) is 14.4 Å². The average Bonchev–Trinajstić information content (AvgIpc) is 3.18. The molecule has 1 aromatic carbocycles. The van der Waals surface area contributed by atoms with Gasteiger partial charge in [-0.15, -0.1) is 0 Å². The highest BCUT2D eigenvalue weighted by Crippen LogP contribution is 2.29. The van der Waals surface area contributed by atoms with Crippen LogP contribution < -0.4 is 10.6 Å². The summed E-state index contributed by atoms with van der Waals surface area (Å²) in [6.07, 6.45) is 0.634. The van der Waals surface area contributed by atoms with Crippen LogP contribution in [0.3, 0.4) is 0 Å². The van der Waals surface area contributed by atoms with Gasteiger partial charge in [0.05, 0.1) is 28.0 Å². The maximum atomic E-state index is 12.9. The summed E-state index contributed by atoms with van der Waals surface area (Å²) in [5, 5.41) is 10.7. The molecule has 0 atom stereocenters. The highest BCUT2D eigenvalue weighted by atomic mass is 35.5. The molecule has 0 radical (unpaired) electrons. The van der Waals surface area contributed by atoms with Gasteiger partial charge in [0, 0.05) is 18.0 Å². The van der Waals surface area contributed by atoms with E-state index in [0.717, 1.165) is 5.69 Å². The Kier molecular flexibility index (Phi) is 9.76. The van der Waals surface area contributed by atoms with Gasteiger partial charge in [0.15, 0.2) is 0 Å². The van der Waals surface area contributed by atoms with Gasteiger partial charge in [0.2, 0.25) is 5.91 Å². The highest BCUT2D eigenvalue weighted by Gasteiger charge is 2.23. The third-order valence-electron chi connectivity index (χ3n) is 4.70. The molecule has 3 amide bonds. The Hall–Kier alpha value is -2.78. The number of ether oxygens (including phenoxy) is 1. The molecule has 0 unspecified atom stereocenters. The van der Waals surface area contributed by atoms with Crippen molar-refractivity contribution in [1.82, 2.24) is 20.0 Å². The van der Waals surface area contributed by atoms with E-state index in [2.05, 4.69) is 15.7 Å². The molecule has 34 heavy (non-hydrogen) atoms. The fraction of sp³-hybridized carbons (Fsp3) is 0.478. The summed E-state index contributed by atoms with van der Waals surface area (Å²) in [4.78, 5) is 38.3. The van der Waals surface area contributed by atoms with Gasteiger partial charge in [0.25, 0.3) is 0 Å². The first-order chi connectivity index (χ1) is 16.0. The molecular weight excluding hydrogens is 481 g/mol. The lowest BCUT2D eigenvalue weighted by Crippen LogP contribution is -2.46. The largest absolute Gasteiger partial charge is 0.465 e. The zero-order valence-corrected chi connectivity index (χ0v) is 21.6.